The Morgan fingerprint density at radius 1 is 1.33 bits per heavy atom. The second-order valence-electron chi connectivity index (χ2n) is 5.83. The summed E-state index contributed by atoms with van der Waals surface area (Å²) in [6, 6.07) is 5.79. The quantitative estimate of drug-likeness (QED) is 0.843. The zero-order valence-electron chi connectivity index (χ0n) is 12.8. The monoisotopic (exact) mass is 353 g/mol. The van der Waals surface area contributed by atoms with E-state index >= 15 is 0 Å². The van der Waals surface area contributed by atoms with Gasteiger partial charge in [-0.2, -0.15) is 0 Å². The van der Waals surface area contributed by atoms with Gasteiger partial charge in [0.25, 0.3) is 5.91 Å². The Balaban J connectivity index is 1.93. The van der Waals surface area contributed by atoms with Crippen LogP contribution < -0.4 is 10.1 Å². The molecule has 116 valence electrons. The van der Waals surface area contributed by atoms with E-state index in [9.17, 15) is 4.79 Å². The fourth-order valence-corrected chi connectivity index (χ4v) is 3.50. The van der Waals surface area contributed by atoms with Crippen LogP contribution in [0.4, 0.5) is 0 Å². The van der Waals surface area contributed by atoms with Gasteiger partial charge in [-0.25, -0.2) is 0 Å². The summed E-state index contributed by atoms with van der Waals surface area (Å²) in [5.41, 5.74) is 0.644. The SMILES string of the molecule is CCCC1CCC(NC(=O)c2cc(OC)ccc2Br)CC1. The van der Waals surface area contributed by atoms with Gasteiger partial charge in [-0.05, 0) is 65.7 Å². The van der Waals surface area contributed by atoms with Gasteiger partial charge in [0, 0.05) is 10.5 Å². The number of benzene rings is 1. The summed E-state index contributed by atoms with van der Waals surface area (Å²) in [5, 5.41) is 3.17. The van der Waals surface area contributed by atoms with E-state index in [1.807, 2.05) is 12.1 Å². The van der Waals surface area contributed by atoms with Crippen LogP contribution in [0.3, 0.4) is 0 Å². The summed E-state index contributed by atoms with van der Waals surface area (Å²) >= 11 is 3.44. The lowest BCUT2D eigenvalue weighted by Crippen LogP contribution is -2.37. The zero-order valence-corrected chi connectivity index (χ0v) is 14.4. The van der Waals surface area contributed by atoms with Crippen LogP contribution in [0.25, 0.3) is 0 Å². The third-order valence-corrected chi connectivity index (χ3v) is 4.99. The average Bonchev–Trinajstić information content (AvgIpc) is 2.50. The highest BCUT2D eigenvalue weighted by Gasteiger charge is 2.23. The van der Waals surface area contributed by atoms with Crippen LogP contribution >= 0.6 is 15.9 Å². The van der Waals surface area contributed by atoms with Gasteiger partial charge in [0.15, 0.2) is 0 Å². The third-order valence-electron chi connectivity index (χ3n) is 4.30. The molecule has 0 spiro atoms. The van der Waals surface area contributed by atoms with E-state index in [0.717, 1.165) is 23.2 Å². The summed E-state index contributed by atoms with van der Waals surface area (Å²) in [7, 11) is 1.61. The number of ether oxygens (including phenoxy) is 1. The van der Waals surface area contributed by atoms with Gasteiger partial charge in [-0.1, -0.05) is 19.8 Å². The number of halogens is 1. The van der Waals surface area contributed by atoms with Gasteiger partial charge in [0.05, 0.1) is 12.7 Å². The largest absolute Gasteiger partial charge is 0.497 e. The minimum absolute atomic E-state index is 0.0142. The number of nitrogens with one attached hydrogen (secondary N) is 1. The molecule has 0 heterocycles. The molecule has 2 rings (SSSR count). The van der Waals surface area contributed by atoms with Crippen molar-refractivity contribution < 1.29 is 9.53 Å². The fraction of sp³-hybridized carbons (Fsp3) is 0.588. The van der Waals surface area contributed by atoms with Crippen molar-refractivity contribution in [3.63, 3.8) is 0 Å². The van der Waals surface area contributed by atoms with Crippen LogP contribution in [-0.4, -0.2) is 19.1 Å². The molecule has 0 radical (unpaired) electrons. The highest BCUT2D eigenvalue weighted by Crippen LogP contribution is 2.28. The van der Waals surface area contributed by atoms with Crippen LogP contribution in [-0.2, 0) is 0 Å². The molecule has 1 saturated carbocycles. The molecule has 1 aliphatic rings. The molecule has 1 N–H and O–H groups in total. The summed E-state index contributed by atoms with van der Waals surface area (Å²) in [6.07, 6.45) is 7.24. The van der Waals surface area contributed by atoms with Crippen molar-refractivity contribution in [2.45, 2.75) is 51.5 Å². The van der Waals surface area contributed by atoms with Gasteiger partial charge >= 0.3 is 0 Å². The van der Waals surface area contributed by atoms with Crippen molar-refractivity contribution in [1.29, 1.82) is 0 Å². The summed E-state index contributed by atoms with van der Waals surface area (Å²) < 4.78 is 6.00. The highest BCUT2D eigenvalue weighted by molar-refractivity contribution is 9.10. The Hall–Kier alpha value is -1.03. The Kier molecular flexibility index (Phi) is 6.09. The van der Waals surface area contributed by atoms with Crippen LogP contribution in [0.5, 0.6) is 5.75 Å². The summed E-state index contributed by atoms with van der Waals surface area (Å²) in [5.74, 6) is 1.54. The lowest BCUT2D eigenvalue weighted by Gasteiger charge is -2.29. The highest BCUT2D eigenvalue weighted by atomic mass is 79.9. The minimum atomic E-state index is -0.0142. The molecule has 1 fully saturated rings. The topological polar surface area (TPSA) is 38.3 Å². The van der Waals surface area contributed by atoms with Crippen molar-refractivity contribution in [3.05, 3.63) is 28.2 Å². The second-order valence-corrected chi connectivity index (χ2v) is 6.68. The Bertz CT molecular complexity index is 482. The minimum Gasteiger partial charge on any atom is -0.497 e. The van der Waals surface area contributed by atoms with Crippen molar-refractivity contribution >= 4 is 21.8 Å². The van der Waals surface area contributed by atoms with Gasteiger partial charge in [0.1, 0.15) is 5.75 Å². The normalized spacial score (nSPS) is 21.9. The number of carbonyl (C=O) groups excluding carboxylic acids is 1. The smallest absolute Gasteiger partial charge is 0.252 e. The number of hydrogen-bond donors (Lipinski definition) is 1. The van der Waals surface area contributed by atoms with E-state index in [0.29, 0.717) is 17.4 Å². The van der Waals surface area contributed by atoms with Crippen LogP contribution in [0, 0.1) is 5.92 Å². The Labute approximate surface area is 135 Å². The molecular formula is C17H24BrNO2. The number of amides is 1. The molecule has 0 unspecified atom stereocenters. The maximum atomic E-state index is 12.4. The molecule has 21 heavy (non-hydrogen) atoms. The van der Waals surface area contributed by atoms with E-state index in [2.05, 4.69) is 28.2 Å². The number of carbonyl (C=O) groups is 1. The molecule has 0 bridgehead atoms. The van der Waals surface area contributed by atoms with Crippen molar-refractivity contribution in [2.75, 3.05) is 7.11 Å². The molecule has 4 heteroatoms. The van der Waals surface area contributed by atoms with Gasteiger partial charge < -0.3 is 10.1 Å². The molecule has 3 nitrogen and oxygen atoms in total. The first-order chi connectivity index (χ1) is 10.1. The first-order valence-corrected chi connectivity index (χ1v) is 8.57. The maximum Gasteiger partial charge on any atom is 0.252 e. The standard InChI is InChI=1S/C17H24BrNO2/c1-3-4-12-5-7-13(8-6-12)19-17(20)15-11-14(21-2)9-10-16(15)18/h9-13H,3-8H2,1-2H3,(H,19,20). The van der Waals surface area contributed by atoms with Crippen molar-refractivity contribution in [2.24, 2.45) is 5.92 Å². The Morgan fingerprint density at radius 2 is 2.05 bits per heavy atom. The summed E-state index contributed by atoms with van der Waals surface area (Å²) in [4.78, 5) is 12.4. The molecule has 1 amide bonds. The maximum absolute atomic E-state index is 12.4. The van der Waals surface area contributed by atoms with E-state index < -0.39 is 0 Å². The lowest BCUT2D eigenvalue weighted by molar-refractivity contribution is 0.0920. The van der Waals surface area contributed by atoms with E-state index in [4.69, 9.17) is 4.74 Å². The average molecular weight is 354 g/mol. The van der Waals surface area contributed by atoms with Gasteiger partial charge in [-0.15, -0.1) is 0 Å². The van der Waals surface area contributed by atoms with Crippen LogP contribution in [0.2, 0.25) is 0 Å². The predicted octanol–water partition coefficient (Wildman–Crippen LogP) is 4.55. The van der Waals surface area contributed by atoms with Crippen molar-refractivity contribution in [1.82, 2.24) is 5.32 Å². The molecule has 0 aromatic heterocycles. The molecule has 1 aliphatic carbocycles. The third kappa shape index (κ3) is 4.47. The van der Waals surface area contributed by atoms with Gasteiger partial charge in [-0.3, -0.25) is 4.79 Å². The van der Waals surface area contributed by atoms with E-state index in [-0.39, 0.29) is 5.91 Å². The second kappa shape index (κ2) is 7.83. The summed E-state index contributed by atoms with van der Waals surface area (Å²) in [6.45, 7) is 2.24. The number of hydrogen-bond acceptors (Lipinski definition) is 2. The molecule has 1 aromatic rings. The Morgan fingerprint density at radius 3 is 2.67 bits per heavy atom. The molecule has 0 saturated heterocycles. The fourth-order valence-electron chi connectivity index (χ4n) is 3.07. The first-order valence-electron chi connectivity index (χ1n) is 7.78. The zero-order chi connectivity index (χ0) is 15.2. The molecule has 1 aromatic carbocycles. The molecule has 0 aliphatic heterocycles. The van der Waals surface area contributed by atoms with E-state index in [1.54, 1.807) is 13.2 Å². The molecule has 0 atom stereocenters. The van der Waals surface area contributed by atoms with E-state index in [1.165, 1.54) is 25.7 Å². The van der Waals surface area contributed by atoms with Crippen LogP contribution in [0.15, 0.2) is 22.7 Å². The predicted molar refractivity (Wildman–Crippen MR) is 88.8 cm³/mol. The van der Waals surface area contributed by atoms with Gasteiger partial charge in [0.2, 0.25) is 0 Å². The number of methoxy groups -OCH3 is 1. The lowest BCUT2D eigenvalue weighted by atomic mass is 9.83. The number of rotatable bonds is 5. The van der Waals surface area contributed by atoms with Crippen molar-refractivity contribution in [3.8, 4) is 5.75 Å². The molecular weight excluding hydrogens is 330 g/mol. The first kappa shape index (κ1) is 16.3. The van der Waals surface area contributed by atoms with Crippen LogP contribution in [0.1, 0.15) is 55.8 Å².